The average Bonchev–Trinajstić information content (AvgIpc) is 2.23. The van der Waals surface area contributed by atoms with E-state index in [-0.39, 0.29) is 16.7 Å². The van der Waals surface area contributed by atoms with Crippen molar-refractivity contribution in [1.82, 2.24) is 4.90 Å². The Hall–Kier alpha value is -1.31. The minimum absolute atomic E-state index is 0.107. The molecular weight excluding hydrogens is 246 g/mol. The number of amides is 1. The lowest BCUT2D eigenvalue weighted by molar-refractivity contribution is 0.0745. The van der Waals surface area contributed by atoms with Crippen LogP contribution in [0.5, 0.6) is 0 Å². The third-order valence-corrected chi connectivity index (χ3v) is 2.97. The first-order valence-electron chi connectivity index (χ1n) is 7.32. The van der Waals surface area contributed by atoms with Gasteiger partial charge in [0.2, 0.25) is 0 Å². The summed E-state index contributed by atoms with van der Waals surface area (Å²) in [6.45, 7) is 13.8. The first kappa shape index (κ1) is 16.7. The number of nitrogens with zero attached hydrogens (tertiary/aromatic N) is 1. The number of rotatable bonds is 3. The van der Waals surface area contributed by atoms with Crippen LogP contribution in [0.2, 0.25) is 0 Å². The molecule has 2 heteroatoms. The Morgan fingerprint density at radius 3 is 2.15 bits per heavy atom. The molecule has 1 aromatic rings. The summed E-state index contributed by atoms with van der Waals surface area (Å²) in [5.41, 5.74) is 2.37. The first-order chi connectivity index (χ1) is 8.98. The number of hydrogen-bond acceptors (Lipinski definition) is 1. The zero-order chi connectivity index (χ0) is 15.6. The van der Waals surface area contributed by atoms with Gasteiger partial charge in [-0.1, -0.05) is 53.7 Å². The molecule has 1 aromatic carbocycles. The molecule has 0 aromatic heterocycles. The molecule has 0 bridgehead atoms. The number of benzene rings is 1. The SMILES string of the molecule is CN(CC(C)(C)C)C(=O)c1cccc(CC(C)(C)C)c1. The summed E-state index contributed by atoms with van der Waals surface area (Å²) in [5, 5.41) is 0. The highest BCUT2D eigenvalue weighted by Crippen LogP contribution is 2.22. The Labute approximate surface area is 124 Å². The van der Waals surface area contributed by atoms with Crippen molar-refractivity contribution >= 4 is 5.91 Å². The van der Waals surface area contributed by atoms with E-state index in [0.29, 0.717) is 0 Å². The van der Waals surface area contributed by atoms with E-state index in [1.54, 1.807) is 0 Å². The van der Waals surface area contributed by atoms with Crippen LogP contribution in [0, 0.1) is 10.8 Å². The third-order valence-electron chi connectivity index (χ3n) is 2.97. The van der Waals surface area contributed by atoms with Crippen molar-refractivity contribution in [3.05, 3.63) is 35.4 Å². The topological polar surface area (TPSA) is 20.3 Å². The van der Waals surface area contributed by atoms with Gasteiger partial charge < -0.3 is 4.90 Å². The summed E-state index contributed by atoms with van der Waals surface area (Å²) >= 11 is 0. The molecule has 1 amide bonds. The standard InChI is InChI=1S/C18H29NO/c1-17(2,3)12-14-9-8-10-15(11-14)16(20)19(7)13-18(4,5)6/h8-11H,12-13H2,1-7H3. The second kappa shape index (κ2) is 5.99. The number of carbonyl (C=O) groups excluding carboxylic acids is 1. The molecule has 0 unspecified atom stereocenters. The second-order valence-corrected chi connectivity index (χ2v) is 8.16. The molecule has 1 rings (SSSR count). The maximum absolute atomic E-state index is 12.5. The van der Waals surface area contributed by atoms with Crippen molar-refractivity contribution in [2.24, 2.45) is 10.8 Å². The molecule has 0 aliphatic carbocycles. The van der Waals surface area contributed by atoms with Crippen LogP contribution in [0.25, 0.3) is 0 Å². The fourth-order valence-corrected chi connectivity index (χ4v) is 2.43. The van der Waals surface area contributed by atoms with Crippen LogP contribution in [0.4, 0.5) is 0 Å². The van der Waals surface area contributed by atoms with E-state index < -0.39 is 0 Å². The molecule has 0 atom stereocenters. The van der Waals surface area contributed by atoms with Gasteiger partial charge in [0.05, 0.1) is 0 Å². The van der Waals surface area contributed by atoms with Gasteiger partial charge in [-0.15, -0.1) is 0 Å². The van der Waals surface area contributed by atoms with E-state index in [1.165, 1.54) is 5.56 Å². The maximum Gasteiger partial charge on any atom is 0.253 e. The van der Waals surface area contributed by atoms with E-state index in [9.17, 15) is 4.79 Å². The van der Waals surface area contributed by atoms with Crippen LogP contribution in [0.3, 0.4) is 0 Å². The van der Waals surface area contributed by atoms with Gasteiger partial charge in [-0.3, -0.25) is 4.79 Å². The van der Waals surface area contributed by atoms with Crippen molar-refractivity contribution in [3.8, 4) is 0 Å². The maximum atomic E-state index is 12.5. The normalized spacial score (nSPS) is 12.3. The van der Waals surface area contributed by atoms with Gasteiger partial charge in [-0.2, -0.15) is 0 Å². The van der Waals surface area contributed by atoms with E-state index in [0.717, 1.165) is 18.5 Å². The summed E-state index contributed by atoms with van der Waals surface area (Å²) in [6.07, 6.45) is 0.983. The van der Waals surface area contributed by atoms with Crippen LogP contribution < -0.4 is 0 Å². The van der Waals surface area contributed by atoms with E-state index in [1.807, 2.05) is 30.1 Å². The Balaban J connectivity index is 2.86. The lowest BCUT2D eigenvalue weighted by atomic mass is 9.87. The largest absolute Gasteiger partial charge is 0.341 e. The number of carbonyl (C=O) groups is 1. The Morgan fingerprint density at radius 1 is 1.05 bits per heavy atom. The van der Waals surface area contributed by atoms with Crippen molar-refractivity contribution in [2.75, 3.05) is 13.6 Å². The van der Waals surface area contributed by atoms with Gasteiger partial charge in [0.25, 0.3) is 5.91 Å². The highest BCUT2D eigenvalue weighted by Gasteiger charge is 2.19. The van der Waals surface area contributed by atoms with Crippen molar-refractivity contribution < 1.29 is 4.79 Å². The second-order valence-electron chi connectivity index (χ2n) is 8.16. The Bertz CT molecular complexity index is 463. The van der Waals surface area contributed by atoms with Crippen LogP contribution in [0.1, 0.15) is 57.5 Å². The molecule has 0 spiro atoms. The Kier molecular flexibility index (Phi) is 5.01. The molecule has 0 aliphatic rings. The van der Waals surface area contributed by atoms with Crippen molar-refractivity contribution in [3.63, 3.8) is 0 Å². The summed E-state index contributed by atoms with van der Waals surface area (Å²) < 4.78 is 0. The van der Waals surface area contributed by atoms with Gasteiger partial charge in [-0.25, -0.2) is 0 Å². The highest BCUT2D eigenvalue weighted by atomic mass is 16.2. The van der Waals surface area contributed by atoms with Gasteiger partial charge in [0.1, 0.15) is 0 Å². The molecule has 0 heterocycles. The summed E-state index contributed by atoms with van der Waals surface area (Å²) in [5.74, 6) is 0.107. The first-order valence-corrected chi connectivity index (χ1v) is 7.32. The molecule has 0 N–H and O–H groups in total. The van der Waals surface area contributed by atoms with Gasteiger partial charge in [0, 0.05) is 19.2 Å². The van der Waals surface area contributed by atoms with Crippen LogP contribution >= 0.6 is 0 Å². The lowest BCUT2D eigenvalue weighted by Gasteiger charge is -2.27. The van der Waals surface area contributed by atoms with Gasteiger partial charge >= 0.3 is 0 Å². The van der Waals surface area contributed by atoms with Gasteiger partial charge in [-0.05, 0) is 34.9 Å². The van der Waals surface area contributed by atoms with E-state index >= 15 is 0 Å². The fourth-order valence-electron chi connectivity index (χ4n) is 2.43. The molecular formula is C18H29NO. The molecule has 0 fully saturated rings. The zero-order valence-electron chi connectivity index (χ0n) is 14.1. The predicted molar refractivity (Wildman–Crippen MR) is 86.0 cm³/mol. The minimum atomic E-state index is 0.107. The molecule has 112 valence electrons. The quantitative estimate of drug-likeness (QED) is 0.801. The molecule has 0 aliphatic heterocycles. The third kappa shape index (κ3) is 5.77. The molecule has 2 nitrogen and oxygen atoms in total. The highest BCUT2D eigenvalue weighted by molar-refractivity contribution is 5.94. The number of hydrogen-bond donors (Lipinski definition) is 0. The van der Waals surface area contributed by atoms with Crippen molar-refractivity contribution in [2.45, 2.75) is 48.0 Å². The Morgan fingerprint density at radius 2 is 1.65 bits per heavy atom. The van der Waals surface area contributed by atoms with Crippen LogP contribution in [0.15, 0.2) is 24.3 Å². The monoisotopic (exact) mass is 275 g/mol. The summed E-state index contributed by atoms with van der Waals surface area (Å²) in [4.78, 5) is 14.3. The van der Waals surface area contributed by atoms with Crippen LogP contribution in [-0.2, 0) is 6.42 Å². The lowest BCUT2D eigenvalue weighted by Crippen LogP contribution is -2.34. The fraction of sp³-hybridized carbons (Fsp3) is 0.611. The van der Waals surface area contributed by atoms with Crippen LogP contribution in [-0.4, -0.2) is 24.4 Å². The van der Waals surface area contributed by atoms with E-state index in [2.05, 4.69) is 47.6 Å². The predicted octanol–water partition coefficient (Wildman–Crippen LogP) is 4.39. The molecule has 0 radical (unpaired) electrons. The van der Waals surface area contributed by atoms with Gasteiger partial charge in [0.15, 0.2) is 0 Å². The minimum Gasteiger partial charge on any atom is -0.341 e. The average molecular weight is 275 g/mol. The summed E-state index contributed by atoms with van der Waals surface area (Å²) in [7, 11) is 1.88. The van der Waals surface area contributed by atoms with E-state index in [4.69, 9.17) is 0 Å². The molecule has 20 heavy (non-hydrogen) atoms. The molecule has 0 saturated carbocycles. The summed E-state index contributed by atoms with van der Waals surface area (Å²) in [6, 6.07) is 8.03. The van der Waals surface area contributed by atoms with Crippen molar-refractivity contribution in [1.29, 1.82) is 0 Å². The smallest absolute Gasteiger partial charge is 0.253 e. The zero-order valence-corrected chi connectivity index (χ0v) is 14.1. The molecule has 0 saturated heterocycles.